The van der Waals surface area contributed by atoms with Gasteiger partial charge < -0.3 is 10.0 Å². The summed E-state index contributed by atoms with van der Waals surface area (Å²) in [5.41, 5.74) is 0. The van der Waals surface area contributed by atoms with Gasteiger partial charge in [-0.25, -0.2) is 0 Å². The highest BCUT2D eigenvalue weighted by Gasteiger charge is 2.45. The number of nitrogens with zero attached hydrogens (tertiary/aromatic N) is 1. The van der Waals surface area contributed by atoms with Gasteiger partial charge in [-0.05, 0) is 43.4 Å². The zero-order valence-electron chi connectivity index (χ0n) is 10.6. The monoisotopic (exact) mass is 237 g/mol. The molecule has 0 spiro atoms. The third-order valence-electron chi connectivity index (χ3n) is 5.29. The van der Waals surface area contributed by atoms with Crippen LogP contribution in [0, 0.1) is 23.7 Å². The van der Waals surface area contributed by atoms with Crippen LogP contribution in [0.3, 0.4) is 0 Å². The van der Waals surface area contributed by atoms with Crippen LogP contribution in [0.4, 0.5) is 0 Å². The van der Waals surface area contributed by atoms with E-state index in [1.807, 2.05) is 4.90 Å². The molecule has 1 heterocycles. The number of β-amino-alcohol motifs (C(OH)–C–C–N with tert-alkyl or cyclic N) is 1. The summed E-state index contributed by atoms with van der Waals surface area (Å²) in [5, 5.41) is 9.88. The SMILES string of the molecule is CC1CCN(C(=O)C2CC3CCC2C3)CC1O. The van der Waals surface area contributed by atoms with Crippen molar-refractivity contribution in [3.63, 3.8) is 0 Å². The summed E-state index contributed by atoms with van der Waals surface area (Å²) in [6.07, 6.45) is 5.64. The number of fused-ring (bicyclic) bond motifs is 2. The van der Waals surface area contributed by atoms with Crippen molar-refractivity contribution < 1.29 is 9.90 Å². The molecule has 1 N–H and O–H groups in total. The van der Waals surface area contributed by atoms with Crippen molar-refractivity contribution in [1.29, 1.82) is 0 Å². The predicted molar refractivity (Wildman–Crippen MR) is 65.3 cm³/mol. The predicted octanol–water partition coefficient (Wildman–Crippen LogP) is 1.65. The van der Waals surface area contributed by atoms with Crippen LogP contribution >= 0.6 is 0 Å². The number of hydrogen-bond donors (Lipinski definition) is 1. The number of aliphatic hydroxyl groups excluding tert-OH is 1. The van der Waals surface area contributed by atoms with Gasteiger partial charge in [0.1, 0.15) is 0 Å². The number of carbonyl (C=O) groups excluding carboxylic acids is 1. The van der Waals surface area contributed by atoms with Crippen molar-refractivity contribution in [2.75, 3.05) is 13.1 Å². The Morgan fingerprint density at radius 1 is 1.24 bits per heavy atom. The van der Waals surface area contributed by atoms with E-state index in [2.05, 4.69) is 6.92 Å². The van der Waals surface area contributed by atoms with Gasteiger partial charge in [-0.1, -0.05) is 13.3 Å². The Hall–Kier alpha value is -0.570. The summed E-state index contributed by atoms with van der Waals surface area (Å²) in [4.78, 5) is 14.4. The Labute approximate surface area is 103 Å². The topological polar surface area (TPSA) is 40.5 Å². The van der Waals surface area contributed by atoms with E-state index in [0.717, 1.165) is 25.3 Å². The van der Waals surface area contributed by atoms with Crippen molar-refractivity contribution >= 4 is 5.91 Å². The lowest BCUT2D eigenvalue weighted by Gasteiger charge is -2.37. The Morgan fingerprint density at radius 2 is 2.06 bits per heavy atom. The van der Waals surface area contributed by atoms with E-state index < -0.39 is 0 Å². The highest BCUT2D eigenvalue weighted by Crippen LogP contribution is 2.49. The lowest BCUT2D eigenvalue weighted by Crippen LogP contribution is -2.48. The molecule has 2 saturated carbocycles. The minimum atomic E-state index is -0.314. The van der Waals surface area contributed by atoms with Gasteiger partial charge in [0.15, 0.2) is 0 Å². The smallest absolute Gasteiger partial charge is 0.226 e. The van der Waals surface area contributed by atoms with E-state index in [-0.39, 0.29) is 12.0 Å². The molecule has 3 fully saturated rings. The number of likely N-dealkylation sites (tertiary alicyclic amines) is 1. The molecule has 2 aliphatic carbocycles. The Bertz CT molecular complexity index is 317. The van der Waals surface area contributed by atoms with Crippen LogP contribution in [-0.2, 0) is 4.79 Å². The first-order valence-electron chi connectivity index (χ1n) is 7.12. The van der Waals surface area contributed by atoms with Gasteiger partial charge in [0, 0.05) is 19.0 Å². The second-order valence-electron chi connectivity index (χ2n) is 6.40. The van der Waals surface area contributed by atoms with Crippen molar-refractivity contribution in [1.82, 2.24) is 4.90 Å². The molecule has 0 radical (unpaired) electrons. The van der Waals surface area contributed by atoms with Crippen LogP contribution in [-0.4, -0.2) is 35.1 Å². The first kappa shape index (κ1) is 11.5. The fourth-order valence-electron chi connectivity index (χ4n) is 4.03. The standard InChI is InChI=1S/C14H23NO2/c1-9-4-5-15(8-13(9)16)14(17)12-7-10-2-3-11(12)6-10/h9-13,16H,2-8H2,1H3. The van der Waals surface area contributed by atoms with Gasteiger partial charge in [-0.15, -0.1) is 0 Å². The Morgan fingerprint density at radius 3 is 2.65 bits per heavy atom. The van der Waals surface area contributed by atoms with E-state index in [1.54, 1.807) is 0 Å². The largest absolute Gasteiger partial charge is 0.391 e. The molecule has 0 aromatic rings. The fourth-order valence-corrected chi connectivity index (χ4v) is 4.03. The number of rotatable bonds is 1. The zero-order chi connectivity index (χ0) is 12.0. The summed E-state index contributed by atoms with van der Waals surface area (Å²) in [5.74, 6) is 2.45. The molecule has 3 heteroatoms. The molecule has 0 aromatic heterocycles. The van der Waals surface area contributed by atoms with Gasteiger partial charge in [0.25, 0.3) is 0 Å². The van der Waals surface area contributed by atoms with Crippen LogP contribution in [0.15, 0.2) is 0 Å². The number of piperidine rings is 1. The molecule has 2 bridgehead atoms. The summed E-state index contributed by atoms with van der Waals surface area (Å²) in [6, 6.07) is 0. The summed E-state index contributed by atoms with van der Waals surface area (Å²) in [7, 11) is 0. The third kappa shape index (κ3) is 1.99. The molecule has 5 atom stereocenters. The molecular formula is C14H23NO2. The van der Waals surface area contributed by atoms with Crippen molar-refractivity contribution in [3.8, 4) is 0 Å². The maximum Gasteiger partial charge on any atom is 0.226 e. The molecular weight excluding hydrogens is 214 g/mol. The number of aliphatic hydroxyl groups is 1. The fraction of sp³-hybridized carbons (Fsp3) is 0.929. The van der Waals surface area contributed by atoms with Crippen molar-refractivity contribution in [2.45, 2.75) is 45.1 Å². The first-order valence-corrected chi connectivity index (χ1v) is 7.12. The van der Waals surface area contributed by atoms with Crippen molar-refractivity contribution in [3.05, 3.63) is 0 Å². The van der Waals surface area contributed by atoms with Crippen LogP contribution in [0.1, 0.15) is 39.0 Å². The molecule has 96 valence electrons. The van der Waals surface area contributed by atoms with Gasteiger partial charge in [0.05, 0.1) is 6.10 Å². The molecule has 3 aliphatic rings. The normalized spacial score (nSPS) is 45.3. The van der Waals surface area contributed by atoms with E-state index in [4.69, 9.17) is 0 Å². The molecule has 5 unspecified atom stereocenters. The second-order valence-corrected chi connectivity index (χ2v) is 6.40. The van der Waals surface area contributed by atoms with E-state index in [9.17, 15) is 9.90 Å². The van der Waals surface area contributed by atoms with Crippen LogP contribution in [0.2, 0.25) is 0 Å². The molecule has 1 saturated heterocycles. The number of carbonyl (C=O) groups is 1. The molecule has 3 rings (SSSR count). The Kier molecular flexibility index (Phi) is 2.89. The van der Waals surface area contributed by atoms with Crippen molar-refractivity contribution in [2.24, 2.45) is 23.7 Å². The lowest BCUT2D eigenvalue weighted by molar-refractivity contribution is -0.141. The molecule has 17 heavy (non-hydrogen) atoms. The Balaban J connectivity index is 1.63. The zero-order valence-corrected chi connectivity index (χ0v) is 10.6. The van der Waals surface area contributed by atoms with Gasteiger partial charge in [-0.3, -0.25) is 4.79 Å². The lowest BCUT2D eigenvalue weighted by atomic mass is 9.86. The summed E-state index contributed by atoms with van der Waals surface area (Å²) < 4.78 is 0. The minimum Gasteiger partial charge on any atom is -0.391 e. The number of hydrogen-bond acceptors (Lipinski definition) is 2. The maximum atomic E-state index is 12.5. The van der Waals surface area contributed by atoms with Crippen LogP contribution in [0.5, 0.6) is 0 Å². The number of amides is 1. The summed E-state index contributed by atoms with van der Waals surface area (Å²) in [6.45, 7) is 3.49. The molecule has 1 aliphatic heterocycles. The first-order chi connectivity index (χ1) is 8.15. The van der Waals surface area contributed by atoms with Gasteiger partial charge >= 0.3 is 0 Å². The maximum absolute atomic E-state index is 12.5. The van der Waals surface area contributed by atoms with E-state index in [1.165, 1.54) is 19.3 Å². The second kappa shape index (κ2) is 4.27. The average Bonchev–Trinajstić information content (AvgIpc) is 2.93. The average molecular weight is 237 g/mol. The van der Waals surface area contributed by atoms with E-state index in [0.29, 0.717) is 24.3 Å². The van der Waals surface area contributed by atoms with E-state index >= 15 is 0 Å². The molecule has 1 amide bonds. The third-order valence-corrected chi connectivity index (χ3v) is 5.29. The van der Waals surface area contributed by atoms with Gasteiger partial charge in [-0.2, -0.15) is 0 Å². The quantitative estimate of drug-likeness (QED) is 0.753. The minimum absolute atomic E-state index is 0.286. The van der Waals surface area contributed by atoms with Gasteiger partial charge in [0.2, 0.25) is 5.91 Å². The van der Waals surface area contributed by atoms with Crippen LogP contribution in [0.25, 0.3) is 0 Å². The molecule has 3 nitrogen and oxygen atoms in total. The molecule has 0 aromatic carbocycles. The van der Waals surface area contributed by atoms with Crippen LogP contribution < -0.4 is 0 Å². The highest BCUT2D eigenvalue weighted by atomic mass is 16.3. The summed E-state index contributed by atoms with van der Waals surface area (Å²) >= 11 is 0. The highest BCUT2D eigenvalue weighted by molar-refractivity contribution is 5.79.